The number of piperidine rings is 1. The molecular formula is C19H37NO. The molecule has 1 spiro atoms. The number of hydrogen-bond donors (Lipinski definition) is 0. The Morgan fingerprint density at radius 2 is 1.67 bits per heavy atom. The second-order valence-electron chi connectivity index (χ2n) is 8.14. The van der Waals surface area contributed by atoms with Gasteiger partial charge in [0.25, 0.3) is 0 Å². The highest BCUT2D eigenvalue weighted by atomic mass is 16.5. The standard InChI is InChI=1S/C19H37NO/c1-5-17(4)14-20-12-10-19(11-13-20)8-6-18(7-9-19)15-21-16(2)3/h16-18H,5-15H2,1-4H3. The Labute approximate surface area is 132 Å². The molecule has 0 N–H and O–H groups in total. The van der Waals surface area contributed by atoms with Crippen molar-refractivity contribution in [2.24, 2.45) is 17.3 Å². The van der Waals surface area contributed by atoms with Crippen molar-refractivity contribution in [1.29, 1.82) is 0 Å². The molecule has 124 valence electrons. The van der Waals surface area contributed by atoms with Crippen LogP contribution in [0.15, 0.2) is 0 Å². The Hall–Kier alpha value is -0.0800. The van der Waals surface area contributed by atoms with Gasteiger partial charge in [-0.05, 0) is 82.7 Å². The highest BCUT2D eigenvalue weighted by Gasteiger charge is 2.38. The third-order valence-corrected chi connectivity index (χ3v) is 6.01. The van der Waals surface area contributed by atoms with Gasteiger partial charge in [-0.3, -0.25) is 0 Å². The lowest BCUT2D eigenvalue weighted by molar-refractivity contribution is 0.00348. The van der Waals surface area contributed by atoms with Gasteiger partial charge in [0, 0.05) is 13.2 Å². The molecule has 1 heterocycles. The molecule has 0 radical (unpaired) electrons. The van der Waals surface area contributed by atoms with Crippen LogP contribution >= 0.6 is 0 Å². The number of hydrogen-bond acceptors (Lipinski definition) is 2. The summed E-state index contributed by atoms with van der Waals surface area (Å²) < 4.78 is 5.82. The van der Waals surface area contributed by atoms with Crippen LogP contribution in [0.3, 0.4) is 0 Å². The van der Waals surface area contributed by atoms with Gasteiger partial charge in [0.05, 0.1) is 6.10 Å². The maximum Gasteiger partial charge on any atom is 0.0519 e. The van der Waals surface area contributed by atoms with Gasteiger partial charge in [-0.2, -0.15) is 0 Å². The summed E-state index contributed by atoms with van der Waals surface area (Å²) in [6.45, 7) is 14.0. The van der Waals surface area contributed by atoms with E-state index in [4.69, 9.17) is 4.74 Å². The number of ether oxygens (including phenoxy) is 1. The second kappa shape index (κ2) is 7.97. The molecule has 2 heteroatoms. The summed E-state index contributed by atoms with van der Waals surface area (Å²) in [6.07, 6.45) is 10.3. The summed E-state index contributed by atoms with van der Waals surface area (Å²) in [5.74, 6) is 1.69. The summed E-state index contributed by atoms with van der Waals surface area (Å²) in [4.78, 5) is 2.72. The Morgan fingerprint density at radius 3 is 2.19 bits per heavy atom. The molecule has 2 nitrogen and oxygen atoms in total. The lowest BCUT2D eigenvalue weighted by Gasteiger charge is -2.46. The van der Waals surface area contributed by atoms with E-state index in [-0.39, 0.29) is 0 Å². The minimum Gasteiger partial charge on any atom is -0.379 e. The quantitative estimate of drug-likeness (QED) is 0.702. The van der Waals surface area contributed by atoms with Crippen LogP contribution in [0.4, 0.5) is 0 Å². The monoisotopic (exact) mass is 295 g/mol. The molecule has 1 atom stereocenters. The zero-order valence-corrected chi connectivity index (χ0v) is 14.9. The van der Waals surface area contributed by atoms with Crippen molar-refractivity contribution in [2.75, 3.05) is 26.2 Å². The first-order valence-electron chi connectivity index (χ1n) is 9.37. The molecule has 1 saturated heterocycles. The van der Waals surface area contributed by atoms with E-state index in [0.29, 0.717) is 11.5 Å². The van der Waals surface area contributed by atoms with Gasteiger partial charge >= 0.3 is 0 Å². The normalized spacial score (nSPS) is 25.6. The highest BCUT2D eigenvalue weighted by molar-refractivity contribution is 4.90. The van der Waals surface area contributed by atoms with E-state index in [2.05, 4.69) is 32.6 Å². The molecule has 1 unspecified atom stereocenters. The van der Waals surface area contributed by atoms with E-state index in [1.54, 1.807) is 0 Å². The Morgan fingerprint density at radius 1 is 1.05 bits per heavy atom. The zero-order valence-electron chi connectivity index (χ0n) is 14.9. The summed E-state index contributed by atoms with van der Waals surface area (Å²) in [5, 5.41) is 0. The Bertz CT molecular complexity index is 284. The predicted octanol–water partition coefficient (Wildman–Crippen LogP) is 4.73. The first-order chi connectivity index (χ1) is 10.0. The molecule has 21 heavy (non-hydrogen) atoms. The van der Waals surface area contributed by atoms with Crippen molar-refractivity contribution in [2.45, 2.75) is 78.7 Å². The van der Waals surface area contributed by atoms with Crippen LogP contribution < -0.4 is 0 Å². The maximum absolute atomic E-state index is 5.82. The van der Waals surface area contributed by atoms with Gasteiger partial charge in [0.1, 0.15) is 0 Å². The topological polar surface area (TPSA) is 12.5 Å². The van der Waals surface area contributed by atoms with Crippen molar-refractivity contribution in [3.8, 4) is 0 Å². The first-order valence-corrected chi connectivity index (χ1v) is 9.37. The van der Waals surface area contributed by atoms with Gasteiger partial charge in [-0.1, -0.05) is 20.3 Å². The molecule has 2 aliphatic rings. The average molecular weight is 296 g/mol. The van der Waals surface area contributed by atoms with E-state index in [1.165, 1.54) is 64.6 Å². The molecule has 0 aromatic carbocycles. The Kier molecular flexibility index (Phi) is 6.55. The molecule has 0 aromatic rings. The van der Waals surface area contributed by atoms with Gasteiger partial charge in [0.15, 0.2) is 0 Å². The van der Waals surface area contributed by atoms with E-state index in [0.717, 1.165) is 18.4 Å². The van der Waals surface area contributed by atoms with E-state index < -0.39 is 0 Å². The Balaban J connectivity index is 1.70. The van der Waals surface area contributed by atoms with E-state index in [9.17, 15) is 0 Å². The SMILES string of the molecule is CCC(C)CN1CCC2(CCC(COC(C)C)CC2)CC1. The van der Waals surface area contributed by atoms with E-state index in [1.807, 2.05) is 0 Å². The number of nitrogens with zero attached hydrogens (tertiary/aromatic N) is 1. The average Bonchev–Trinajstić information content (AvgIpc) is 2.49. The van der Waals surface area contributed by atoms with Gasteiger partial charge in [-0.25, -0.2) is 0 Å². The second-order valence-corrected chi connectivity index (χ2v) is 8.14. The molecule has 0 amide bonds. The maximum atomic E-state index is 5.82. The lowest BCUT2D eigenvalue weighted by atomic mass is 9.65. The number of rotatable bonds is 6. The zero-order chi connectivity index (χ0) is 15.3. The van der Waals surface area contributed by atoms with Crippen molar-refractivity contribution in [1.82, 2.24) is 4.90 Å². The molecule has 0 aromatic heterocycles. The van der Waals surface area contributed by atoms with Crippen molar-refractivity contribution in [3.05, 3.63) is 0 Å². The van der Waals surface area contributed by atoms with Crippen molar-refractivity contribution in [3.63, 3.8) is 0 Å². The molecule has 2 rings (SSSR count). The van der Waals surface area contributed by atoms with Gasteiger partial charge in [0.2, 0.25) is 0 Å². The van der Waals surface area contributed by atoms with Crippen molar-refractivity contribution < 1.29 is 4.74 Å². The van der Waals surface area contributed by atoms with Gasteiger partial charge < -0.3 is 9.64 Å². The molecule has 2 fully saturated rings. The molecule has 0 bridgehead atoms. The summed E-state index contributed by atoms with van der Waals surface area (Å²) in [7, 11) is 0. The van der Waals surface area contributed by atoms with Crippen LogP contribution in [-0.4, -0.2) is 37.2 Å². The minimum absolute atomic E-state index is 0.393. The van der Waals surface area contributed by atoms with Crippen LogP contribution in [-0.2, 0) is 4.74 Å². The predicted molar refractivity (Wildman–Crippen MR) is 90.6 cm³/mol. The third kappa shape index (κ3) is 5.25. The molecule has 1 aliphatic heterocycles. The first kappa shape index (κ1) is 17.3. The fourth-order valence-corrected chi connectivity index (χ4v) is 4.06. The molecular weight excluding hydrogens is 258 g/mol. The van der Waals surface area contributed by atoms with Crippen LogP contribution in [0.25, 0.3) is 0 Å². The highest BCUT2D eigenvalue weighted by Crippen LogP contribution is 2.46. The largest absolute Gasteiger partial charge is 0.379 e. The van der Waals surface area contributed by atoms with E-state index >= 15 is 0 Å². The van der Waals surface area contributed by atoms with Crippen molar-refractivity contribution >= 4 is 0 Å². The fourth-order valence-electron chi connectivity index (χ4n) is 4.06. The smallest absolute Gasteiger partial charge is 0.0519 e. The number of likely N-dealkylation sites (tertiary alicyclic amines) is 1. The van der Waals surface area contributed by atoms with Gasteiger partial charge in [-0.15, -0.1) is 0 Å². The molecule has 1 saturated carbocycles. The lowest BCUT2D eigenvalue weighted by Crippen LogP contribution is -2.43. The van der Waals surface area contributed by atoms with Crippen LogP contribution in [0.1, 0.15) is 72.6 Å². The third-order valence-electron chi connectivity index (χ3n) is 6.01. The van der Waals surface area contributed by atoms with Crippen LogP contribution in [0.5, 0.6) is 0 Å². The van der Waals surface area contributed by atoms with Crippen LogP contribution in [0, 0.1) is 17.3 Å². The summed E-state index contributed by atoms with van der Waals surface area (Å²) in [6, 6.07) is 0. The fraction of sp³-hybridized carbons (Fsp3) is 1.00. The molecule has 1 aliphatic carbocycles. The van der Waals surface area contributed by atoms with Crippen LogP contribution in [0.2, 0.25) is 0 Å². The summed E-state index contributed by atoms with van der Waals surface area (Å²) >= 11 is 0. The minimum atomic E-state index is 0.393. The summed E-state index contributed by atoms with van der Waals surface area (Å²) in [5.41, 5.74) is 0.695.